The number of hydrogen-bond acceptors (Lipinski definition) is 5. The van der Waals surface area contributed by atoms with Gasteiger partial charge in [0.2, 0.25) is 0 Å². The van der Waals surface area contributed by atoms with E-state index < -0.39 is 5.76 Å². The van der Waals surface area contributed by atoms with Crippen LogP contribution in [0.5, 0.6) is 0 Å². The van der Waals surface area contributed by atoms with Crippen LogP contribution >= 0.6 is 35.3 Å². The second-order valence-corrected chi connectivity index (χ2v) is 8.37. The molecule has 2 N–H and O–H groups in total. The van der Waals surface area contributed by atoms with Crippen molar-refractivity contribution in [1.29, 1.82) is 0 Å². The van der Waals surface area contributed by atoms with Gasteiger partial charge in [0, 0.05) is 35.1 Å². The van der Waals surface area contributed by atoms with Crippen molar-refractivity contribution < 1.29 is 13.5 Å². The van der Waals surface area contributed by atoms with E-state index in [1.807, 2.05) is 0 Å². The summed E-state index contributed by atoms with van der Waals surface area (Å²) in [4.78, 5) is 4.22. The molecule has 1 aliphatic heterocycles. The third-order valence-electron chi connectivity index (χ3n) is 4.15. The van der Waals surface area contributed by atoms with Crippen LogP contribution in [0.1, 0.15) is 10.9 Å². The summed E-state index contributed by atoms with van der Waals surface area (Å²) in [6.45, 7) is 3.97. The topological polar surface area (TPSA) is 36.5 Å². The summed E-state index contributed by atoms with van der Waals surface area (Å²) in [5.74, 6) is -2.42. The summed E-state index contributed by atoms with van der Waals surface area (Å²) in [6, 6.07) is 11.2. The van der Waals surface area contributed by atoms with Gasteiger partial charge in [-0.3, -0.25) is 4.90 Å². The Bertz CT molecular complexity index is 707. The third-order valence-corrected chi connectivity index (χ3v) is 6.09. The van der Waals surface area contributed by atoms with Gasteiger partial charge < -0.3 is 15.4 Å². The van der Waals surface area contributed by atoms with E-state index in [1.165, 1.54) is 4.88 Å². The van der Waals surface area contributed by atoms with Crippen LogP contribution in [0.25, 0.3) is 0 Å². The Morgan fingerprint density at radius 2 is 1.96 bits per heavy atom. The highest BCUT2D eigenvalue weighted by molar-refractivity contribution is 7.99. The first-order chi connectivity index (χ1) is 13.1. The number of thiophene rings is 1. The Morgan fingerprint density at radius 1 is 1.22 bits per heavy atom. The fraction of sp³-hybridized carbons (Fsp3) is 0.389. The van der Waals surface area contributed by atoms with Crippen molar-refractivity contribution in [3.8, 4) is 0 Å². The molecule has 1 atom stereocenters. The quantitative estimate of drug-likeness (QED) is 0.501. The molecule has 4 nitrogen and oxygen atoms in total. The number of nitrogens with zero attached hydrogens (tertiary/aromatic N) is 1. The van der Waals surface area contributed by atoms with E-state index in [4.69, 9.17) is 17.0 Å². The van der Waals surface area contributed by atoms with Gasteiger partial charge in [0.05, 0.1) is 19.3 Å². The summed E-state index contributed by atoms with van der Waals surface area (Å²) < 4.78 is 30.2. The highest BCUT2D eigenvalue weighted by Gasteiger charge is 2.23. The van der Waals surface area contributed by atoms with E-state index in [0.29, 0.717) is 28.3 Å². The summed E-state index contributed by atoms with van der Waals surface area (Å²) in [6.07, 6.45) is 0. The zero-order valence-corrected chi connectivity index (χ0v) is 17.0. The van der Waals surface area contributed by atoms with Crippen molar-refractivity contribution in [3.05, 3.63) is 46.7 Å². The molecule has 1 saturated heterocycles. The van der Waals surface area contributed by atoms with Crippen LogP contribution < -0.4 is 10.6 Å². The molecule has 1 aliphatic rings. The zero-order chi connectivity index (χ0) is 19.1. The molecule has 27 heavy (non-hydrogen) atoms. The predicted octanol–water partition coefficient (Wildman–Crippen LogP) is 4.42. The molecule has 1 fully saturated rings. The molecule has 0 saturated carbocycles. The number of nitrogens with one attached hydrogen (secondary N) is 2. The lowest BCUT2D eigenvalue weighted by atomic mass is 10.2. The SMILES string of the molecule is FC(F)Sc1ccc(NC(=S)NCC(c2cccs2)N2CCOCC2)cc1. The fourth-order valence-corrected chi connectivity index (χ4v) is 4.43. The van der Waals surface area contributed by atoms with Gasteiger partial charge in [0.1, 0.15) is 0 Å². The number of benzene rings is 1. The van der Waals surface area contributed by atoms with Crippen molar-refractivity contribution in [3.63, 3.8) is 0 Å². The lowest BCUT2D eigenvalue weighted by Crippen LogP contribution is -2.44. The Morgan fingerprint density at radius 3 is 2.59 bits per heavy atom. The molecule has 2 aromatic rings. The molecule has 0 amide bonds. The van der Waals surface area contributed by atoms with Crippen molar-refractivity contribution in [2.45, 2.75) is 16.7 Å². The Hall–Kier alpha value is -1.26. The first-order valence-corrected chi connectivity index (χ1v) is 10.7. The van der Waals surface area contributed by atoms with Crippen LogP contribution in [0.4, 0.5) is 14.5 Å². The molecule has 146 valence electrons. The number of anilines is 1. The largest absolute Gasteiger partial charge is 0.379 e. The standard InChI is InChI=1S/C18H21F2N3OS3/c19-17(20)27-14-5-3-13(4-6-14)22-18(25)21-12-15(16-2-1-11-26-16)23-7-9-24-10-8-23/h1-6,11,15,17H,7-10,12H2,(H2,21,22,25). The number of rotatable bonds is 7. The number of ether oxygens (including phenoxy) is 1. The van der Waals surface area contributed by atoms with Crippen LogP contribution in [0.3, 0.4) is 0 Å². The van der Waals surface area contributed by atoms with Gasteiger partial charge in [-0.1, -0.05) is 17.8 Å². The Balaban J connectivity index is 1.54. The van der Waals surface area contributed by atoms with E-state index in [0.717, 1.165) is 32.0 Å². The number of morpholine rings is 1. The Labute approximate surface area is 171 Å². The van der Waals surface area contributed by atoms with E-state index in [-0.39, 0.29) is 6.04 Å². The molecule has 0 bridgehead atoms. The van der Waals surface area contributed by atoms with Crippen LogP contribution in [0, 0.1) is 0 Å². The van der Waals surface area contributed by atoms with E-state index >= 15 is 0 Å². The third kappa shape index (κ3) is 6.39. The van der Waals surface area contributed by atoms with E-state index in [1.54, 1.807) is 35.6 Å². The van der Waals surface area contributed by atoms with Crippen LogP contribution in [-0.4, -0.2) is 48.6 Å². The summed E-state index contributed by atoms with van der Waals surface area (Å²) in [5.41, 5.74) is 0.769. The van der Waals surface area contributed by atoms with E-state index in [9.17, 15) is 8.78 Å². The molecule has 1 aromatic carbocycles. The maximum absolute atomic E-state index is 12.4. The van der Waals surface area contributed by atoms with Gasteiger partial charge in [-0.05, 0) is 47.9 Å². The van der Waals surface area contributed by atoms with Gasteiger partial charge in [0.15, 0.2) is 5.11 Å². The average molecular weight is 430 g/mol. The van der Waals surface area contributed by atoms with Crippen LogP contribution in [-0.2, 0) is 4.74 Å². The number of thiocarbonyl (C=S) groups is 1. The molecule has 0 radical (unpaired) electrons. The smallest absolute Gasteiger partial charge is 0.288 e. The lowest BCUT2D eigenvalue weighted by Gasteiger charge is -2.34. The molecule has 1 aromatic heterocycles. The molecule has 3 rings (SSSR count). The lowest BCUT2D eigenvalue weighted by molar-refractivity contribution is 0.0177. The summed E-state index contributed by atoms with van der Waals surface area (Å²) in [5, 5.41) is 8.99. The van der Waals surface area contributed by atoms with Crippen molar-refractivity contribution >= 4 is 46.1 Å². The highest BCUT2D eigenvalue weighted by atomic mass is 32.2. The minimum atomic E-state index is -2.42. The molecule has 1 unspecified atom stereocenters. The monoisotopic (exact) mass is 429 g/mol. The Kier molecular flexibility index (Phi) is 7.83. The number of hydrogen-bond donors (Lipinski definition) is 2. The van der Waals surface area contributed by atoms with Crippen LogP contribution in [0.15, 0.2) is 46.7 Å². The molecule has 2 heterocycles. The zero-order valence-electron chi connectivity index (χ0n) is 14.6. The summed E-state index contributed by atoms with van der Waals surface area (Å²) in [7, 11) is 0. The van der Waals surface area contributed by atoms with Gasteiger partial charge in [0.25, 0.3) is 5.76 Å². The van der Waals surface area contributed by atoms with Crippen molar-refractivity contribution in [2.75, 3.05) is 38.2 Å². The molecule has 9 heteroatoms. The second-order valence-electron chi connectivity index (χ2n) is 5.92. The molecular weight excluding hydrogens is 408 g/mol. The van der Waals surface area contributed by atoms with Gasteiger partial charge in [-0.15, -0.1) is 11.3 Å². The maximum Gasteiger partial charge on any atom is 0.288 e. The molecule has 0 aliphatic carbocycles. The van der Waals surface area contributed by atoms with Crippen molar-refractivity contribution in [1.82, 2.24) is 10.2 Å². The molecular formula is C18H21F2N3OS3. The van der Waals surface area contributed by atoms with Gasteiger partial charge >= 0.3 is 0 Å². The predicted molar refractivity (Wildman–Crippen MR) is 112 cm³/mol. The van der Waals surface area contributed by atoms with Gasteiger partial charge in [-0.25, -0.2) is 0 Å². The molecule has 0 spiro atoms. The fourth-order valence-electron chi connectivity index (χ4n) is 2.86. The van der Waals surface area contributed by atoms with Crippen LogP contribution in [0.2, 0.25) is 0 Å². The first kappa shape index (κ1) is 20.5. The minimum Gasteiger partial charge on any atom is -0.379 e. The highest BCUT2D eigenvalue weighted by Crippen LogP contribution is 2.27. The number of thioether (sulfide) groups is 1. The summed E-state index contributed by atoms with van der Waals surface area (Å²) >= 11 is 7.67. The number of halogens is 2. The minimum absolute atomic E-state index is 0.235. The number of alkyl halides is 2. The average Bonchev–Trinajstić information content (AvgIpc) is 3.18. The first-order valence-electron chi connectivity index (χ1n) is 8.57. The second kappa shape index (κ2) is 10.3. The van der Waals surface area contributed by atoms with E-state index in [2.05, 4.69) is 33.0 Å². The van der Waals surface area contributed by atoms with Crippen molar-refractivity contribution in [2.24, 2.45) is 0 Å². The van der Waals surface area contributed by atoms with Gasteiger partial charge in [-0.2, -0.15) is 8.78 Å². The normalized spacial score (nSPS) is 16.3. The maximum atomic E-state index is 12.4.